The van der Waals surface area contributed by atoms with E-state index in [9.17, 15) is 0 Å². The fourth-order valence-corrected chi connectivity index (χ4v) is 7.61. The number of benzene rings is 2. The van der Waals surface area contributed by atoms with Crippen LogP contribution >= 0.6 is 0 Å². The average Bonchev–Trinajstić information content (AvgIpc) is 2.52. The van der Waals surface area contributed by atoms with Crippen LogP contribution in [0.5, 0.6) is 0 Å². The summed E-state index contributed by atoms with van der Waals surface area (Å²) in [7, 11) is -2.45. The van der Waals surface area contributed by atoms with Gasteiger partial charge < -0.3 is 4.43 Å². The number of hydrogen-bond donors (Lipinski definition) is 0. The molecule has 0 heterocycles. The van der Waals surface area contributed by atoms with Crippen molar-refractivity contribution in [2.45, 2.75) is 45.7 Å². The van der Waals surface area contributed by atoms with Crippen molar-refractivity contribution in [2.75, 3.05) is 0 Å². The summed E-state index contributed by atoms with van der Waals surface area (Å²) in [4.78, 5) is 0. The molecule has 0 amide bonds. The van der Waals surface area contributed by atoms with Gasteiger partial charge >= 0.3 is 0 Å². The Bertz CT molecular complexity index is 538. The Morgan fingerprint density at radius 1 is 0.905 bits per heavy atom. The summed E-state index contributed by atoms with van der Waals surface area (Å²) in [5, 5.41) is 2.53. The molecule has 0 fully saturated rings. The molecule has 0 aliphatic carbocycles. The first kappa shape index (κ1) is 14.5. The van der Waals surface area contributed by atoms with Gasteiger partial charge in [-0.1, -0.05) is 81.4 Å². The van der Waals surface area contributed by atoms with E-state index in [4.69, 9.17) is 5.80 Å². The first-order valence-corrected chi connectivity index (χ1v) is 9.41. The molecule has 2 rings (SSSR count). The van der Waals surface area contributed by atoms with Gasteiger partial charge in [-0.15, -0.1) is 0 Å². The normalized spacial score (nSPS) is 14.6. The van der Waals surface area contributed by atoms with Gasteiger partial charge in [0.25, 0.3) is 8.32 Å². The van der Waals surface area contributed by atoms with Gasteiger partial charge in [-0.2, -0.15) is 0 Å². The minimum atomic E-state index is -2.45. The lowest BCUT2D eigenvalue weighted by atomic mass is 10.2. The van der Waals surface area contributed by atoms with Crippen LogP contribution in [-0.4, -0.2) is 14.4 Å². The van der Waals surface area contributed by atoms with Gasteiger partial charge in [-0.3, -0.25) is 0 Å². The van der Waals surface area contributed by atoms with Gasteiger partial charge in [0, 0.05) is 7.47 Å². The Balaban J connectivity index is 2.70. The Kier molecular flexibility index (Phi) is 4.27. The Morgan fingerprint density at radius 3 is 1.67 bits per heavy atom. The maximum Gasteiger partial charge on any atom is 0.261 e. The molecule has 0 spiro atoms. The van der Waals surface area contributed by atoms with E-state index in [2.05, 4.69) is 69.3 Å². The van der Waals surface area contributed by atoms with Crippen molar-refractivity contribution in [1.29, 1.82) is 0 Å². The Labute approximate surface area is 131 Å². The molecule has 0 radical (unpaired) electrons. The lowest BCUT2D eigenvalue weighted by molar-refractivity contribution is 0.226. The summed E-state index contributed by atoms with van der Waals surface area (Å²) in [5.41, 5.74) is 0. The smallest absolute Gasteiger partial charge is 0.261 e. The summed E-state index contributed by atoms with van der Waals surface area (Å²) in [6.07, 6.45) is -0.0775. The molecule has 0 unspecified atom stereocenters. The van der Waals surface area contributed by atoms with E-state index < -0.39 is 8.32 Å². The third-order valence-corrected chi connectivity index (χ3v) is 8.96. The zero-order valence-corrected chi connectivity index (χ0v) is 14.5. The number of rotatable bonds is 4. The fourth-order valence-electron chi connectivity index (χ4n) is 2.99. The van der Waals surface area contributed by atoms with Crippen LogP contribution in [0.25, 0.3) is 0 Å². The Hall–Kier alpha value is -1.38. The molecule has 0 aliphatic heterocycles. The van der Waals surface area contributed by atoms with Crippen LogP contribution in [0, 0.1) is 0 Å². The maximum absolute atomic E-state index is 7.72. The minimum Gasteiger partial charge on any atom is -0.405 e. The van der Waals surface area contributed by atoms with Gasteiger partial charge in [-0.25, -0.2) is 0 Å². The molecule has 112 valence electrons. The topological polar surface area (TPSA) is 9.23 Å². The SMILES string of the molecule is [2H]C[C@@H](C)O[Si](c1ccccc1)(c1ccccc1)C(C)(C)C. The van der Waals surface area contributed by atoms with Crippen LogP contribution in [0.2, 0.25) is 5.04 Å². The van der Waals surface area contributed by atoms with E-state index in [0.29, 0.717) is 0 Å². The van der Waals surface area contributed by atoms with Crippen LogP contribution in [0.4, 0.5) is 0 Å². The van der Waals surface area contributed by atoms with E-state index in [1.54, 1.807) is 0 Å². The molecule has 2 aromatic rings. The largest absolute Gasteiger partial charge is 0.405 e. The summed E-state index contributed by atoms with van der Waals surface area (Å²) in [6, 6.07) is 21.2. The first-order chi connectivity index (χ1) is 10.4. The van der Waals surface area contributed by atoms with Crippen molar-refractivity contribution >= 4 is 18.7 Å². The second kappa shape index (κ2) is 6.16. The van der Waals surface area contributed by atoms with Gasteiger partial charge in [0.15, 0.2) is 0 Å². The van der Waals surface area contributed by atoms with Crippen LogP contribution in [0.3, 0.4) is 0 Å². The zero-order valence-electron chi connectivity index (χ0n) is 14.5. The predicted molar refractivity (Wildman–Crippen MR) is 93.8 cm³/mol. The summed E-state index contributed by atoms with van der Waals surface area (Å²) in [6.45, 7) is 9.07. The van der Waals surface area contributed by atoms with Crippen molar-refractivity contribution in [3.8, 4) is 0 Å². The van der Waals surface area contributed by atoms with Gasteiger partial charge in [-0.05, 0) is 29.2 Å². The number of hydrogen-bond acceptors (Lipinski definition) is 1. The third-order valence-electron chi connectivity index (χ3n) is 3.79. The molecule has 0 aromatic heterocycles. The molecule has 2 aromatic carbocycles. The van der Waals surface area contributed by atoms with E-state index >= 15 is 0 Å². The Morgan fingerprint density at radius 2 is 1.33 bits per heavy atom. The summed E-state index contributed by atoms with van der Waals surface area (Å²) < 4.78 is 14.4. The summed E-state index contributed by atoms with van der Waals surface area (Å²) >= 11 is 0. The molecule has 0 bridgehead atoms. The lowest BCUT2D eigenvalue weighted by Crippen LogP contribution is -2.67. The highest BCUT2D eigenvalue weighted by atomic mass is 28.4. The minimum absolute atomic E-state index is 0.0147. The molecule has 0 saturated carbocycles. The van der Waals surface area contributed by atoms with Crippen LogP contribution < -0.4 is 10.4 Å². The molecular weight excluding hydrogens is 272 g/mol. The zero-order chi connectivity index (χ0) is 16.2. The molecule has 2 heteroatoms. The first-order valence-electron chi connectivity index (χ1n) is 8.20. The highest BCUT2D eigenvalue weighted by Gasteiger charge is 2.50. The molecule has 0 aliphatic rings. The highest BCUT2D eigenvalue weighted by Crippen LogP contribution is 2.37. The second-order valence-electron chi connectivity index (χ2n) is 6.59. The van der Waals surface area contributed by atoms with E-state index in [-0.39, 0.29) is 18.0 Å². The molecule has 0 saturated heterocycles. The van der Waals surface area contributed by atoms with Crippen molar-refractivity contribution < 1.29 is 5.80 Å². The van der Waals surface area contributed by atoms with Crippen LogP contribution in [-0.2, 0) is 4.43 Å². The van der Waals surface area contributed by atoms with Crippen LogP contribution in [0.1, 0.15) is 36.0 Å². The molecule has 0 N–H and O–H groups in total. The molecule has 1 atom stereocenters. The monoisotopic (exact) mass is 299 g/mol. The van der Waals surface area contributed by atoms with E-state index in [1.807, 2.05) is 19.1 Å². The third kappa shape index (κ3) is 3.12. The van der Waals surface area contributed by atoms with Gasteiger partial charge in [0.2, 0.25) is 0 Å². The maximum atomic E-state index is 7.72. The summed E-state index contributed by atoms with van der Waals surface area (Å²) in [5.74, 6) is 0. The predicted octanol–water partition coefficient (Wildman–Crippen LogP) is 3.97. The van der Waals surface area contributed by atoms with Crippen molar-refractivity contribution in [3.63, 3.8) is 0 Å². The molecule has 21 heavy (non-hydrogen) atoms. The van der Waals surface area contributed by atoms with Gasteiger partial charge in [0.05, 0.1) is 0 Å². The molecular formula is C19H26OSi. The lowest BCUT2D eigenvalue weighted by Gasteiger charge is -2.44. The fraction of sp³-hybridized carbons (Fsp3) is 0.368. The van der Waals surface area contributed by atoms with Crippen molar-refractivity contribution in [1.82, 2.24) is 0 Å². The molecule has 1 nitrogen and oxygen atoms in total. The van der Waals surface area contributed by atoms with Gasteiger partial charge in [0.1, 0.15) is 0 Å². The standard InChI is InChI=1S/C19H26OSi/c1-16(2)20-21(19(3,4)5,17-12-8-6-9-13-17)18-14-10-7-11-15-18/h6-16H,1-5H3/i1D/t16-/m0/s1. The highest BCUT2D eigenvalue weighted by molar-refractivity contribution is 6.99. The second-order valence-corrected chi connectivity index (χ2v) is 10.8. The average molecular weight is 300 g/mol. The quantitative estimate of drug-likeness (QED) is 0.776. The van der Waals surface area contributed by atoms with E-state index in [1.165, 1.54) is 10.4 Å². The van der Waals surface area contributed by atoms with Crippen molar-refractivity contribution in [2.24, 2.45) is 0 Å². The van der Waals surface area contributed by atoms with Crippen LogP contribution in [0.15, 0.2) is 60.7 Å². The van der Waals surface area contributed by atoms with Crippen molar-refractivity contribution in [3.05, 3.63) is 60.7 Å². The van der Waals surface area contributed by atoms with E-state index in [0.717, 1.165) is 0 Å².